The Kier molecular flexibility index (Phi) is 17.0. The lowest BCUT2D eigenvalue weighted by atomic mass is 10.0. The van der Waals surface area contributed by atoms with Crippen LogP contribution in [0.25, 0.3) is 10.9 Å². The third kappa shape index (κ3) is 14.3. The number of para-hydroxylation sites is 2. The fourth-order valence-corrected chi connectivity index (χ4v) is 6.56. The Morgan fingerprint density at radius 2 is 1.51 bits per heavy atom. The molecule has 7 amide bonds. The smallest absolute Gasteiger partial charge is 0.408 e. The average molecular weight is 811 g/mol. The van der Waals surface area contributed by atoms with Crippen molar-refractivity contribution in [2.75, 3.05) is 18.4 Å². The molecule has 4 aromatic rings. The maximum Gasteiger partial charge on any atom is 0.408 e. The Hall–Kier alpha value is -6.22. The van der Waals surface area contributed by atoms with Gasteiger partial charge in [-0.2, -0.15) is 0 Å². The van der Waals surface area contributed by atoms with E-state index in [9.17, 15) is 28.8 Å². The number of benzene rings is 3. The van der Waals surface area contributed by atoms with Crippen LogP contribution in [0, 0.1) is 6.92 Å². The molecule has 316 valence electrons. The third-order valence-corrected chi connectivity index (χ3v) is 9.57. The second-order valence-corrected chi connectivity index (χ2v) is 15.5. The number of anilines is 1. The molecule has 59 heavy (non-hydrogen) atoms. The van der Waals surface area contributed by atoms with Crippen LogP contribution in [0.1, 0.15) is 76.0 Å². The van der Waals surface area contributed by atoms with Crippen LogP contribution >= 0.6 is 0 Å². The minimum Gasteiger partial charge on any atom is -0.444 e. The van der Waals surface area contributed by atoms with Crippen LogP contribution < -0.4 is 32.7 Å². The predicted molar refractivity (Wildman–Crippen MR) is 227 cm³/mol. The van der Waals surface area contributed by atoms with Crippen molar-refractivity contribution in [3.8, 4) is 0 Å². The van der Waals surface area contributed by atoms with Crippen LogP contribution in [0.3, 0.4) is 0 Å². The monoisotopic (exact) mass is 810 g/mol. The van der Waals surface area contributed by atoms with E-state index in [-0.39, 0.29) is 38.1 Å². The lowest BCUT2D eigenvalue weighted by molar-refractivity contribution is -0.138. The van der Waals surface area contributed by atoms with E-state index >= 15 is 0 Å². The zero-order valence-electron chi connectivity index (χ0n) is 34.3. The molecule has 0 bridgehead atoms. The van der Waals surface area contributed by atoms with E-state index in [0.29, 0.717) is 43.5 Å². The number of imide groups is 1. The van der Waals surface area contributed by atoms with Crippen molar-refractivity contribution >= 4 is 52.3 Å². The van der Waals surface area contributed by atoms with E-state index in [2.05, 4.69) is 26.3 Å². The number of urea groups is 1. The number of aryl methyl sites for hydroxylation is 1. The van der Waals surface area contributed by atoms with E-state index in [1.807, 2.05) is 60.7 Å². The first kappa shape index (κ1) is 45.5. The highest BCUT2D eigenvalue weighted by Gasteiger charge is 2.39. The molecular formula is C44H58N8O7. The Balaban J connectivity index is 1.56. The normalized spacial score (nSPS) is 12.8. The molecule has 0 saturated carbocycles. The van der Waals surface area contributed by atoms with Crippen molar-refractivity contribution in [3.63, 3.8) is 0 Å². The molecule has 1 heterocycles. The lowest BCUT2D eigenvalue weighted by Gasteiger charge is -2.33. The summed E-state index contributed by atoms with van der Waals surface area (Å²) in [5, 5.41) is 11.9. The summed E-state index contributed by atoms with van der Waals surface area (Å²) in [4.78, 5) is 85.6. The second-order valence-electron chi connectivity index (χ2n) is 15.5. The van der Waals surface area contributed by atoms with E-state index in [1.165, 1.54) is 0 Å². The van der Waals surface area contributed by atoms with E-state index in [4.69, 9.17) is 16.2 Å². The molecule has 0 aliphatic heterocycles. The van der Waals surface area contributed by atoms with Gasteiger partial charge in [-0.25, -0.2) is 14.5 Å². The van der Waals surface area contributed by atoms with E-state index < -0.39 is 53.6 Å². The number of aromatic amines is 1. The Labute approximate surface area is 345 Å². The Morgan fingerprint density at radius 1 is 0.814 bits per heavy atom. The zero-order chi connectivity index (χ0) is 43.0. The van der Waals surface area contributed by atoms with Gasteiger partial charge >= 0.3 is 12.1 Å². The summed E-state index contributed by atoms with van der Waals surface area (Å²) >= 11 is 0. The highest BCUT2D eigenvalue weighted by molar-refractivity contribution is 6.07. The topological polar surface area (TPSA) is 231 Å². The summed E-state index contributed by atoms with van der Waals surface area (Å²) in [5.74, 6) is -2.43. The molecule has 0 saturated heterocycles. The molecule has 4 rings (SSSR count). The van der Waals surface area contributed by atoms with Crippen molar-refractivity contribution in [2.45, 2.75) is 103 Å². The van der Waals surface area contributed by atoms with Crippen LogP contribution in [0.4, 0.5) is 15.3 Å². The predicted octanol–water partition coefficient (Wildman–Crippen LogP) is 4.97. The summed E-state index contributed by atoms with van der Waals surface area (Å²) in [6, 6.07) is 19.4. The van der Waals surface area contributed by atoms with Crippen LogP contribution in [-0.2, 0) is 36.8 Å². The Morgan fingerprint density at radius 3 is 2.20 bits per heavy atom. The van der Waals surface area contributed by atoms with Gasteiger partial charge in [0.1, 0.15) is 23.7 Å². The van der Waals surface area contributed by atoms with Gasteiger partial charge in [-0.15, -0.1) is 0 Å². The number of primary amides is 1. The fraction of sp³-hybridized carbons (Fsp3) is 0.409. The first-order chi connectivity index (χ1) is 28.2. The van der Waals surface area contributed by atoms with Crippen molar-refractivity contribution < 1.29 is 33.5 Å². The number of nitrogens with one attached hydrogen (secondary N) is 5. The maximum atomic E-state index is 14.9. The average Bonchev–Trinajstić information content (AvgIpc) is 3.59. The summed E-state index contributed by atoms with van der Waals surface area (Å²) < 4.78 is 5.54. The van der Waals surface area contributed by atoms with Crippen LogP contribution in [0.15, 0.2) is 85.1 Å². The van der Waals surface area contributed by atoms with Gasteiger partial charge in [0.05, 0.1) is 0 Å². The maximum absolute atomic E-state index is 14.9. The largest absolute Gasteiger partial charge is 0.444 e. The zero-order valence-corrected chi connectivity index (χ0v) is 34.3. The fourth-order valence-electron chi connectivity index (χ4n) is 6.56. The summed E-state index contributed by atoms with van der Waals surface area (Å²) in [6.45, 7) is 7.33. The molecule has 15 heteroatoms. The molecule has 3 aromatic carbocycles. The number of hydrogen-bond donors (Lipinski definition) is 7. The first-order valence-corrected chi connectivity index (χ1v) is 20.0. The van der Waals surface area contributed by atoms with Gasteiger partial charge in [0.15, 0.2) is 0 Å². The van der Waals surface area contributed by atoms with Crippen LogP contribution in [0.2, 0.25) is 0 Å². The molecule has 0 radical (unpaired) electrons. The molecule has 0 aliphatic carbocycles. The highest BCUT2D eigenvalue weighted by atomic mass is 16.6. The number of nitrogens with zero attached hydrogens (tertiary/aromatic N) is 1. The van der Waals surface area contributed by atoms with Gasteiger partial charge in [-0.1, -0.05) is 66.7 Å². The van der Waals surface area contributed by atoms with Gasteiger partial charge < -0.3 is 42.5 Å². The number of hydrogen-bond acceptors (Lipinski definition) is 8. The van der Waals surface area contributed by atoms with Crippen LogP contribution in [-0.4, -0.2) is 82.5 Å². The first-order valence-electron chi connectivity index (χ1n) is 20.0. The lowest BCUT2D eigenvalue weighted by Crippen LogP contribution is -2.59. The van der Waals surface area contributed by atoms with Crippen molar-refractivity contribution in [1.82, 2.24) is 25.8 Å². The molecule has 9 N–H and O–H groups in total. The standard InChI is InChI=1S/C44H58N8O7/c1-29-16-8-10-20-33(29)50-42(57)52(41(56)36(51-43(58)59-44(2,3)4)27-31-28-48-34-21-11-9-19-32(31)34)37(22-12-14-24-45)40(55)47-25-15-13-23-38(53)49-35(39(46)54)26-30-17-6-5-7-18-30/h5-11,16-21,28,35-37,48H,12-15,22-27,45H2,1-4H3,(H2,46,54)(H,47,55)(H,49,53)(H,50,57)(H,51,58)/t35-,36-,37-/m0/s1. The molecule has 3 atom stereocenters. The number of aromatic nitrogens is 1. The van der Waals surface area contributed by atoms with Gasteiger partial charge in [-0.3, -0.25) is 19.2 Å². The van der Waals surface area contributed by atoms with E-state index in [0.717, 1.165) is 26.9 Å². The van der Waals surface area contributed by atoms with Crippen molar-refractivity contribution in [2.24, 2.45) is 11.5 Å². The van der Waals surface area contributed by atoms with E-state index in [1.54, 1.807) is 52.1 Å². The minimum atomic E-state index is -1.33. The SMILES string of the molecule is Cc1ccccc1NC(=O)N(C(=O)[C@H](Cc1c[nH]c2ccccc12)NC(=O)OC(C)(C)C)[C@@H](CCCCN)C(=O)NCCCCC(=O)N[C@@H](Cc1ccccc1)C(N)=O. The number of unbranched alkanes of at least 4 members (excludes halogenated alkanes) is 2. The minimum absolute atomic E-state index is 0.0304. The van der Waals surface area contributed by atoms with Gasteiger partial charge in [0.2, 0.25) is 17.7 Å². The van der Waals surface area contributed by atoms with Gasteiger partial charge in [-0.05, 0) is 95.2 Å². The number of ether oxygens (including phenoxy) is 1. The molecule has 1 aromatic heterocycles. The van der Waals surface area contributed by atoms with Crippen LogP contribution in [0.5, 0.6) is 0 Å². The second kappa shape index (κ2) is 22.1. The number of rotatable bonds is 20. The summed E-state index contributed by atoms with van der Waals surface area (Å²) in [6.07, 6.45) is 2.92. The molecular weight excluding hydrogens is 753 g/mol. The molecule has 15 nitrogen and oxygen atoms in total. The van der Waals surface area contributed by atoms with Crippen molar-refractivity contribution in [1.29, 1.82) is 0 Å². The number of carbonyl (C=O) groups excluding carboxylic acids is 6. The number of nitrogens with two attached hydrogens (primary N) is 2. The summed E-state index contributed by atoms with van der Waals surface area (Å²) in [5.41, 5.74) is 14.0. The summed E-state index contributed by atoms with van der Waals surface area (Å²) in [7, 11) is 0. The van der Waals surface area contributed by atoms with Gasteiger partial charge in [0.25, 0.3) is 5.91 Å². The number of fused-ring (bicyclic) bond motifs is 1. The Bertz CT molecular complexity index is 2050. The molecule has 0 unspecified atom stereocenters. The quantitative estimate of drug-likeness (QED) is 0.0601. The van der Waals surface area contributed by atoms with Crippen molar-refractivity contribution in [3.05, 3.63) is 102 Å². The molecule has 0 spiro atoms. The number of H-pyrrole nitrogens is 1. The molecule has 0 fully saturated rings. The molecule has 0 aliphatic rings. The highest BCUT2D eigenvalue weighted by Crippen LogP contribution is 2.23. The number of alkyl carbamates (subject to hydrolysis) is 1. The number of amides is 7. The number of carbonyl (C=O) groups is 6. The third-order valence-electron chi connectivity index (χ3n) is 9.57. The van der Waals surface area contributed by atoms with Gasteiger partial charge in [0, 0.05) is 48.6 Å².